The van der Waals surface area contributed by atoms with E-state index in [4.69, 9.17) is 0 Å². The van der Waals surface area contributed by atoms with Crippen molar-refractivity contribution in [3.63, 3.8) is 0 Å². The standard InChI is InChI=1S/C22H26N4O3S/c1-18-9-10-21(19(2)15-18)26(30(28,29)20-7-4-3-5-8-20)16-22(27)24-11-6-13-25-14-12-23-17-25/h3-5,7-10,12,14-15,17H,6,11,13,16H2,1-2H3,(H,24,27). The summed E-state index contributed by atoms with van der Waals surface area (Å²) in [5, 5.41) is 2.82. The second-order valence-electron chi connectivity index (χ2n) is 7.12. The summed E-state index contributed by atoms with van der Waals surface area (Å²) in [5.41, 5.74) is 2.32. The molecule has 30 heavy (non-hydrogen) atoms. The van der Waals surface area contributed by atoms with E-state index in [9.17, 15) is 13.2 Å². The molecule has 0 saturated carbocycles. The van der Waals surface area contributed by atoms with Gasteiger partial charge in [-0.3, -0.25) is 9.10 Å². The van der Waals surface area contributed by atoms with E-state index in [0.29, 0.717) is 12.2 Å². The van der Waals surface area contributed by atoms with E-state index in [1.807, 2.05) is 36.7 Å². The number of nitrogens with zero attached hydrogens (tertiary/aromatic N) is 3. The number of carbonyl (C=O) groups is 1. The van der Waals surface area contributed by atoms with Crippen LogP contribution in [-0.2, 0) is 21.4 Å². The van der Waals surface area contributed by atoms with Crippen molar-refractivity contribution in [2.24, 2.45) is 0 Å². The number of rotatable bonds is 9. The number of hydrogen-bond acceptors (Lipinski definition) is 4. The van der Waals surface area contributed by atoms with Gasteiger partial charge in [0.25, 0.3) is 10.0 Å². The molecule has 0 bridgehead atoms. The minimum Gasteiger partial charge on any atom is -0.354 e. The summed E-state index contributed by atoms with van der Waals surface area (Å²) >= 11 is 0. The Morgan fingerprint density at radius 3 is 2.57 bits per heavy atom. The summed E-state index contributed by atoms with van der Waals surface area (Å²) in [6.45, 7) is 4.68. The SMILES string of the molecule is Cc1ccc(N(CC(=O)NCCCn2ccnc2)S(=O)(=O)c2ccccc2)c(C)c1. The minimum atomic E-state index is -3.89. The van der Waals surface area contributed by atoms with Gasteiger partial charge in [-0.1, -0.05) is 35.9 Å². The zero-order valence-corrected chi connectivity index (χ0v) is 18.0. The van der Waals surface area contributed by atoms with Crippen molar-refractivity contribution in [1.82, 2.24) is 14.9 Å². The fourth-order valence-electron chi connectivity index (χ4n) is 3.20. The van der Waals surface area contributed by atoms with E-state index in [2.05, 4.69) is 10.3 Å². The number of carbonyl (C=O) groups excluding carboxylic acids is 1. The number of amides is 1. The Bertz CT molecular complexity index is 1080. The Labute approximate surface area is 177 Å². The van der Waals surface area contributed by atoms with Crippen LogP contribution in [0.4, 0.5) is 5.69 Å². The van der Waals surface area contributed by atoms with E-state index >= 15 is 0 Å². The summed E-state index contributed by atoms with van der Waals surface area (Å²) in [4.78, 5) is 16.7. The quantitative estimate of drug-likeness (QED) is 0.533. The van der Waals surface area contributed by atoms with Gasteiger partial charge in [-0.05, 0) is 44.0 Å². The van der Waals surface area contributed by atoms with Crippen LogP contribution in [0.15, 0.2) is 72.1 Å². The summed E-state index contributed by atoms with van der Waals surface area (Å²) in [5.74, 6) is -0.347. The molecule has 7 nitrogen and oxygen atoms in total. The first-order chi connectivity index (χ1) is 14.4. The molecular formula is C22H26N4O3S. The molecule has 0 aliphatic rings. The number of aryl methyl sites for hydroxylation is 3. The van der Waals surface area contributed by atoms with E-state index in [-0.39, 0.29) is 17.3 Å². The van der Waals surface area contributed by atoms with E-state index in [0.717, 1.165) is 24.1 Å². The van der Waals surface area contributed by atoms with Gasteiger partial charge >= 0.3 is 0 Å². The molecule has 0 fully saturated rings. The van der Waals surface area contributed by atoms with E-state index < -0.39 is 10.0 Å². The highest BCUT2D eigenvalue weighted by Gasteiger charge is 2.28. The number of anilines is 1. The lowest BCUT2D eigenvalue weighted by atomic mass is 10.1. The number of benzene rings is 2. The maximum Gasteiger partial charge on any atom is 0.264 e. The molecule has 2 aromatic carbocycles. The molecule has 3 aromatic rings. The van der Waals surface area contributed by atoms with Crippen LogP contribution in [0.2, 0.25) is 0 Å². The van der Waals surface area contributed by atoms with Gasteiger partial charge in [0, 0.05) is 25.5 Å². The van der Waals surface area contributed by atoms with Crippen molar-refractivity contribution in [1.29, 1.82) is 0 Å². The summed E-state index contributed by atoms with van der Waals surface area (Å²) in [6, 6.07) is 13.7. The number of hydrogen-bond donors (Lipinski definition) is 1. The topological polar surface area (TPSA) is 84.3 Å². The van der Waals surface area contributed by atoms with Crippen LogP contribution in [0.1, 0.15) is 17.5 Å². The molecule has 3 rings (SSSR count). The number of sulfonamides is 1. The fourth-order valence-corrected chi connectivity index (χ4v) is 4.71. The van der Waals surface area contributed by atoms with Crippen molar-refractivity contribution < 1.29 is 13.2 Å². The molecule has 0 aliphatic carbocycles. The first-order valence-electron chi connectivity index (χ1n) is 9.75. The Morgan fingerprint density at radius 2 is 1.90 bits per heavy atom. The predicted octanol–water partition coefficient (Wildman–Crippen LogP) is 2.90. The van der Waals surface area contributed by atoms with Crippen molar-refractivity contribution >= 4 is 21.6 Å². The summed E-state index contributed by atoms with van der Waals surface area (Å²) in [6.07, 6.45) is 6.00. The van der Waals surface area contributed by atoms with Gasteiger partial charge in [0.2, 0.25) is 5.91 Å². The Kier molecular flexibility index (Phi) is 6.89. The third-order valence-corrected chi connectivity index (χ3v) is 6.49. The highest BCUT2D eigenvalue weighted by molar-refractivity contribution is 7.92. The molecule has 1 heterocycles. The second kappa shape index (κ2) is 9.58. The Hall–Kier alpha value is -3.13. The van der Waals surface area contributed by atoms with Crippen LogP contribution in [-0.4, -0.2) is 37.0 Å². The molecule has 1 N–H and O–H groups in total. The molecule has 1 amide bonds. The Morgan fingerprint density at radius 1 is 1.13 bits per heavy atom. The monoisotopic (exact) mass is 426 g/mol. The van der Waals surface area contributed by atoms with Gasteiger partial charge in [-0.15, -0.1) is 0 Å². The lowest BCUT2D eigenvalue weighted by molar-refractivity contribution is -0.119. The molecule has 1 aromatic heterocycles. The maximum atomic E-state index is 13.3. The molecule has 0 atom stereocenters. The van der Waals surface area contributed by atoms with Gasteiger partial charge in [-0.25, -0.2) is 13.4 Å². The number of nitrogens with one attached hydrogen (secondary N) is 1. The molecule has 8 heteroatoms. The number of aromatic nitrogens is 2. The first kappa shape index (κ1) is 21.6. The van der Waals surface area contributed by atoms with Gasteiger partial charge in [-0.2, -0.15) is 0 Å². The number of imidazole rings is 1. The molecule has 158 valence electrons. The minimum absolute atomic E-state index is 0.151. The lowest BCUT2D eigenvalue weighted by Gasteiger charge is -2.26. The van der Waals surface area contributed by atoms with Gasteiger partial charge in [0.1, 0.15) is 6.54 Å². The third kappa shape index (κ3) is 5.27. The van der Waals surface area contributed by atoms with Crippen LogP contribution >= 0.6 is 0 Å². The zero-order valence-electron chi connectivity index (χ0n) is 17.2. The summed E-state index contributed by atoms with van der Waals surface area (Å²) < 4.78 is 29.8. The second-order valence-corrected chi connectivity index (χ2v) is 8.98. The molecule has 0 saturated heterocycles. The predicted molar refractivity (Wildman–Crippen MR) is 117 cm³/mol. The summed E-state index contributed by atoms with van der Waals surface area (Å²) in [7, 11) is -3.89. The lowest BCUT2D eigenvalue weighted by Crippen LogP contribution is -2.41. The van der Waals surface area contributed by atoms with Gasteiger partial charge < -0.3 is 9.88 Å². The molecule has 0 radical (unpaired) electrons. The van der Waals surface area contributed by atoms with Crippen LogP contribution in [0.25, 0.3) is 0 Å². The van der Waals surface area contributed by atoms with Crippen molar-refractivity contribution in [3.05, 3.63) is 78.4 Å². The normalized spacial score (nSPS) is 11.3. The smallest absolute Gasteiger partial charge is 0.264 e. The first-order valence-corrected chi connectivity index (χ1v) is 11.2. The van der Waals surface area contributed by atoms with Crippen molar-refractivity contribution in [2.45, 2.75) is 31.7 Å². The average Bonchev–Trinajstić information content (AvgIpc) is 3.24. The van der Waals surface area contributed by atoms with E-state index in [1.165, 1.54) is 16.4 Å². The molecule has 0 unspecified atom stereocenters. The van der Waals surface area contributed by atoms with E-state index in [1.54, 1.807) is 36.8 Å². The van der Waals surface area contributed by atoms with Crippen LogP contribution in [0, 0.1) is 13.8 Å². The third-order valence-electron chi connectivity index (χ3n) is 4.71. The maximum absolute atomic E-state index is 13.3. The van der Waals surface area contributed by atoms with Crippen LogP contribution in [0.5, 0.6) is 0 Å². The molecule has 0 aliphatic heterocycles. The van der Waals surface area contributed by atoms with Gasteiger partial charge in [0.05, 0.1) is 16.9 Å². The van der Waals surface area contributed by atoms with Crippen molar-refractivity contribution in [2.75, 3.05) is 17.4 Å². The van der Waals surface area contributed by atoms with Gasteiger partial charge in [0.15, 0.2) is 0 Å². The molecule has 0 spiro atoms. The molecular weight excluding hydrogens is 400 g/mol. The highest BCUT2D eigenvalue weighted by Crippen LogP contribution is 2.27. The zero-order chi connectivity index (χ0) is 21.6. The Balaban J connectivity index is 1.76. The van der Waals surface area contributed by atoms with Crippen molar-refractivity contribution in [3.8, 4) is 0 Å². The average molecular weight is 427 g/mol. The van der Waals surface area contributed by atoms with Crippen LogP contribution < -0.4 is 9.62 Å². The van der Waals surface area contributed by atoms with Crippen LogP contribution in [0.3, 0.4) is 0 Å². The largest absolute Gasteiger partial charge is 0.354 e. The highest BCUT2D eigenvalue weighted by atomic mass is 32.2. The fraction of sp³-hybridized carbons (Fsp3) is 0.273.